The molecule has 5 nitrogen and oxygen atoms in total. The van der Waals surface area contributed by atoms with Gasteiger partial charge in [-0.2, -0.15) is 4.98 Å². The molecule has 0 fully saturated rings. The standard InChI is InChI=1S/C18H20ClN5/c1-11(2)24(14-6-4-13(19)5-7-14)10-12-3-8-16-15(9-12)17(20)23-18(21)22-16/h3-9,11H,10H2,1-2H3,(H4,20,21,22,23). The van der Waals surface area contributed by atoms with Crippen LogP contribution in [0.25, 0.3) is 10.9 Å². The Bertz CT molecular complexity index is 861. The number of nitrogen functional groups attached to an aromatic ring is 2. The molecular formula is C18H20ClN5. The van der Waals surface area contributed by atoms with E-state index in [1.165, 1.54) is 0 Å². The van der Waals surface area contributed by atoms with Crippen LogP contribution in [0.5, 0.6) is 0 Å². The lowest BCUT2D eigenvalue weighted by Crippen LogP contribution is -2.30. The van der Waals surface area contributed by atoms with Crippen LogP contribution in [0.4, 0.5) is 17.5 Å². The van der Waals surface area contributed by atoms with E-state index in [9.17, 15) is 0 Å². The van der Waals surface area contributed by atoms with Gasteiger partial charge in [-0.05, 0) is 55.8 Å². The molecule has 0 saturated heterocycles. The Hall–Kier alpha value is -2.53. The maximum Gasteiger partial charge on any atom is 0.222 e. The van der Waals surface area contributed by atoms with Crippen LogP contribution in [0, 0.1) is 0 Å². The number of anilines is 3. The predicted molar refractivity (Wildman–Crippen MR) is 101 cm³/mol. The van der Waals surface area contributed by atoms with Crippen molar-refractivity contribution >= 4 is 40.0 Å². The van der Waals surface area contributed by atoms with Crippen LogP contribution < -0.4 is 16.4 Å². The van der Waals surface area contributed by atoms with Gasteiger partial charge >= 0.3 is 0 Å². The number of nitrogens with two attached hydrogens (primary N) is 2. The van der Waals surface area contributed by atoms with E-state index in [1.807, 2.05) is 42.5 Å². The number of hydrogen-bond donors (Lipinski definition) is 2. The summed E-state index contributed by atoms with van der Waals surface area (Å²) in [6.07, 6.45) is 0. The third-order valence-corrected chi connectivity index (χ3v) is 4.19. The van der Waals surface area contributed by atoms with Crippen LogP contribution in [0.3, 0.4) is 0 Å². The normalized spacial score (nSPS) is 11.2. The Kier molecular flexibility index (Phi) is 4.44. The first-order chi connectivity index (χ1) is 11.4. The first-order valence-electron chi connectivity index (χ1n) is 7.78. The number of hydrogen-bond acceptors (Lipinski definition) is 5. The zero-order chi connectivity index (χ0) is 17.3. The summed E-state index contributed by atoms with van der Waals surface area (Å²) in [5.41, 5.74) is 14.6. The third-order valence-electron chi connectivity index (χ3n) is 3.94. The Labute approximate surface area is 146 Å². The Morgan fingerprint density at radius 3 is 2.42 bits per heavy atom. The molecule has 3 aromatic rings. The highest BCUT2D eigenvalue weighted by atomic mass is 35.5. The van der Waals surface area contributed by atoms with Crippen LogP contribution in [0.1, 0.15) is 19.4 Å². The van der Waals surface area contributed by atoms with Gasteiger partial charge in [0.2, 0.25) is 5.95 Å². The second-order valence-electron chi connectivity index (χ2n) is 6.02. The summed E-state index contributed by atoms with van der Waals surface area (Å²) in [7, 11) is 0. The predicted octanol–water partition coefficient (Wildman–Crippen LogP) is 3.86. The van der Waals surface area contributed by atoms with Crippen molar-refractivity contribution in [1.82, 2.24) is 9.97 Å². The van der Waals surface area contributed by atoms with Gasteiger partial charge in [-0.3, -0.25) is 0 Å². The van der Waals surface area contributed by atoms with Crippen molar-refractivity contribution in [1.29, 1.82) is 0 Å². The number of nitrogens with zero attached hydrogens (tertiary/aromatic N) is 3. The first kappa shape index (κ1) is 16.3. The number of benzene rings is 2. The minimum Gasteiger partial charge on any atom is -0.383 e. The molecule has 3 rings (SSSR count). The van der Waals surface area contributed by atoms with E-state index < -0.39 is 0 Å². The summed E-state index contributed by atoms with van der Waals surface area (Å²) in [4.78, 5) is 10.6. The lowest BCUT2D eigenvalue weighted by molar-refractivity contribution is 0.683. The number of halogens is 1. The zero-order valence-corrected chi connectivity index (χ0v) is 14.5. The van der Waals surface area contributed by atoms with Crippen molar-refractivity contribution in [3.05, 3.63) is 53.1 Å². The number of rotatable bonds is 4. The van der Waals surface area contributed by atoms with Gasteiger partial charge in [0, 0.05) is 28.7 Å². The summed E-state index contributed by atoms with van der Waals surface area (Å²) in [6.45, 7) is 5.07. The SMILES string of the molecule is CC(C)N(Cc1ccc2nc(N)nc(N)c2c1)c1ccc(Cl)cc1. The largest absolute Gasteiger partial charge is 0.383 e. The number of fused-ring (bicyclic) bond motifs is 1. The van der Waals surface area contributed by atoms with E-state index in [0.29, 0.717) is 11.9 Å². The molecule has 4 N–H and O–H groups in total. The molecule has 1 heterocycles. The highest BCUT2D eigenvalue weighted by molar-refractivity contribution is 6.30. The molecule has 0 radical (unpaired) electrons. The van der Waals surface area contributed by atoms with Crippen molar-refractivity contribution in [2.45, 2.75) is 26.4 Å². The molecule has 2 aromatic carbocycles. The van der Waals surface area contributed by atoms with Gasteiger partial charge in [0.25, 0.3) is 0 Å². The van der Waals surface area contributed by atoms with Gasteiger partial charge < -0.3 is 16.4 Å². The smallest absolute Gasteiger partial charge is 0.222 e. The van der Waals surface area contributed by atoms with E-state index in [4.69, 9.17) is 23.1 Å². The van der Waals surface area contributed by atoms with Crippen molar-refractivity contribution in [2.24, 2.45) is 0 Å². The van der Waals surface area contributed by atoms with Gasteiger partial charge in [0.1, 0.15) is 5.82 Å². The van der Waals surface area contributed by atoms with Gasteiger partial charge in [-0.1, -0.05) is 17.7 Å². The average molecular weight is 342 g/mol. The van der Waals surface area contributed by atoms with Crippen molar-refractivity contribution in [3.63, 3.8) is 0 Å². The van der Waals surface area contributed by atoms with Gasteiger partial charge in [0.15, 0.2) is 0 Å². The average Bonchev–Trinajstić information content (AvgIpc) is 2.53. The summed E-state index contributed by atoms with van der Waals surface area (Å²) in [5, 5.41) is 1.55. The lowest BCUT2D eigenvalue weighted by Gasteiger charge is -2.29. The van der Waals surface area contributed by atoms with E-state index in [2.05, 4.69) is 28.7 Å². The van der Waals surface area contributed by atoms with Gasteiger partial charge in [-0.25, -0.2) is 4.98 Å². The first-order valence-corrected chi connectivity index (χ1v) is 8.15. The molecule has 0 atom stereocenters. The van der Waals surface area contributed by atoms with Crippen LogP contribution in [0.15, 0.2) is 42.5 Å². The molecule has 0 saturated carbocycles. The quantitative estimate of drug-likeness (QED) is 0.753. The van der Waals surface area contributed by atoms with Crippen molar-refractivity contribution < 1.29 is 0 Å². The molecule has 0 amide bonds. The minimum atomic E-state index is 0.192. The maximum absolute atomic E-state index is 6.00. The highest BCUT2D eigenvalue weighted by Gasteiger charge is 2.12. The van der Waals surface area contributed by atoms with Crippen molar-refractivity contribution in [2.75, 3.05) is 16.4 Å². The van der Waals surface area contributed by atoms with E-state index in [0.717, 1.165) is 33.7 Å². The molecule has 24 heavy (non-hydrogen) atoms. The fourth-order valence-electron chi connectivity index (χ4n) is 2.72. The van der Waals surface area contributed by atoms with Crippen LogP contribution in [-0.4, -0.2) is 16.0 Å². The van der Waals surface area contributed by atoms with Crippen LogP contribution in [0.2, 0.25) is 5.02 Å². The third kappa shape index (κ3) is 3.36. The molecule has 6 heteroatoms. The maximum atomic E-state index is 6.00. The van der Waals surface area contributed by atoms with Crippen LogP contribution >= 0.6 is 11.6 Å². The Morgan fingerprint density at radius 1 is 1.04 bits per heavy atom. The molecular weight excluding hydrogens is 322 g/mol. The lowest BCUT2D eigenvalue weighted by atomic mass is 10.1. The number of aromatic nitrogens is 2. The fourth-order valence-corrected chi connectivity index (χ4v) is 2.84. The molecule has 0 aliphatic rings. The monoisotopic (exact) mass is 341 g/mol. The second kappa shape index (κ2) is 6.53. The molecule has 0 aliphatic carbocycles. The summed E-state index contributed by atoms with van der Waals surface area (Å²) >= 11 is 6.00. The molecule has 0 unspecified atom stereocenters. The van der Waals surface area contributed by atoms with E-state index in [-0.39, 0.29) is 5.95 Å². The summed E-state index contributed by atoms with van der Waals surface area (Å²) in [5.74, 6) is 0.597. The van der Waals surface area contributed by atoms with E-state index >= 15 is 0 Å². The molecule has 0 spiro atoms. The highest BCUT2D eigenvalue weighted by Crippen LogP contribution is 2.25. The topological polar surface area (TPSA) is 81.1 Å². The Balaban J connectivity index is 1.95. The fraction of sp³-hybridized carbons (Fsp3) is 0.222. The van der Waals surface area contributed by atoms with E-state index in [1.54, 1.807) is 0 Å². The molecule has 1 aromatic heterocycles. The van der Waals surface area contributed by atoms with Crippen molar-refractivity contribution in [3.8, 4) is 0 Å². The molecule has 0 bridgehead atoms. The zero-order valence-electron chi connectivity index (χ0n) is 13.7. The van der Waals surface area contributed by atoms with Gasteiger partial charge in [0.05, 0.1) is 5.52 Å². The summed E-state index contributed by atoms with van der Waals surface area (Å²) < 4.78 is 0. The summed E-state index contributed by atoms with van der Waals surface area (Å²) in [6, 6.07) is 14.2. The second-order valence-corrected chi connectivity index (χ2v) is 6.45. The van der Waals surface area contributed by atoms with Gasteiger partial charge in [-0.15, -0.1) is 0 Å². The van der Waals surface area contributed by atoms with Crippen LogP contribution in [-0.2, 0) is 6.54 Å². The Morgan fingerprint density at radius 2 is 1.75 bits per heavy atom. The molecule has 0 aliphatic heterocycles. The molecule has 124 valence electrons. The minimum absolute atomic E-state index is 0.192.